The fraction of sp³-hybridized carbons (Fsp3) is 0.242. The molecule has 4 nitrogen and oxygen atoms in total. The van der Waals surface area contributed by atoms with Gasteiger partial charge in [0.25, 0.3) is 0 Å². The maximum atomic E-state index is 13.5. The van der Waals surface area contributed by atoms with E-state index in [4.69, 9.17) is 0 Å². The second-order valence-corrected chi connectivity index (χ2v) is 9.76. The molecule has 1 aliphatic heterocycles. The van der Waals surface area contributed by atoms with Gasteiger partial charge in [0.15, 0.2) is 0 Å². The first-order chi connectivity index (χ1) is 18.2. The fourth-order valence-electron chi connectivity index (χ4n) is 5.40. The molecule has 4 heteroatoms. The Morgan fingerprint density at radius 1 is 0.703 bits per heavy atom. The highest BCUT2D eigenvalue weighted by atomic mass is 16.2. The zero-order valence-electron chi connectivity index (χ0n) is 21.4. The van der Waals surface area contributed by atoms with Gasteiger partial charge in [-0.05, 0) is 55.2 Å². The summed E-state index contributed by atoms with van der Waals surface area (Å²) in [6.45, 7) is 3.87. The third kappa shape index (κ3) is 5.92. The van der Waals surface area contributed by atoms with Crippen molar-refractivity contribution in [1.82, 2.24) is 10.2 Å². The van der Waals surface area contributed by atoms with Crippen LogP contribution in [0.4, 0.5) is 11.4 Å². The summed E-state index contributed by atoms with van der Waals surface area (Å²) in [5, 5.41) is 3.37. The molecular formula is C33H35N3O. The number of likely N-dealkylation sites (tertiary alicyclic amines) is 1. The molecule has 4 aromatic carbocycles. The number of hydrogen-bond acceptors (Lipinski definition) is 3. The van der Waals surface area contributed by atoms with E-state index in [1.807, 2.05) is 43.3 Å². The highest BCUT2D eigenvalue weighted by Gasteiger charge is 2.30. The summed E-state index contributed by atoms with van der Waals surface area (Å²) in [6.07, 6.45) is 1.87. The van der Waals surface area contributed by atoms with Crippen LogP contribution < -0.4 is 10.2 Å². The van der Waals surface area contributed by atoms with Crippen LogP contribution in [0.15, 0.2) is 121 Å². The Labute approximate surface area is 220 Å². The third-order valence-electron chi connectivity index (χ3n) is 7.31. The van der Waals surface area contributed by atoms with Crippen molar-refractivity contribution >= 4 is 17.3 Å². The van der Waals surface area contributed by atoms with E-state index < -0.39 is 0 Å². The lowest BCUT2D eigenvalue weighted by Crippen LogP contribution is -2.50. The van der Waals surface area contributed by atoms with Gasteiger partial charge < -0.3 is 10.2 Å². The molecule has 1 aliphatic rings. The molecule has 0 aromatic heterocycles. The van der Waals surface area contributed by atoms with Gasteiger partial charge in [0, 0.05) is 30.5 Å². The normalized spacial score (nSPS) is 15.3. The van der Waals surface area contributed by atoms with Gasteiger partial charge >= 0.3 is 0 Å². The topological polar surface area (TPSA) is 35.6 Å². The number of carbonyl (C=O) groups excluding carboxylic acids is 1. The summed E-state index contributed by atoms with van der Waals surface area (Å²) < 4.78 is 0. The van der Waals surface area contributed by atoms with Crippen molar-refractivity contribution in [3.8, 4) is 0 Å². The van der Waals surface area contributed by atoms with Gasteiger partial charge in [-0.1, -0.05) is 97.1 Å². The Balaban J connectivity index is 1.27. The SMILES string of the molecule is CC(C(=O)NC1CCN(C(c2ccccc2)c2ccccc2)CC1)N(c1ccccc1)c1ccccc1. The van der Waals surface area contributed by atoms with E-state index in [0.717, 1.165) is 37.3 Å². The van der Waals surface area contributed by atoms with Crippen LogP contribution >= 0.6 is 0 Å². The van der Waals surface area contributed by atoms with Crippen LogP contribution in [0.1, 0.15) is 36.9 Å². The molecule has 0 aliphatic carbocycles. The highest BCUT2D eigenvalue weighted by Crippen LogP contribution is 2.32. The second-order valence-electron chi connectivity index (χ2n) is 9.76. The molecule has 1 saturated heterocycles. The minimum atomic E-state index is -0.329. The maximum Gasteiger partial charge on any atom is 0.243 e. The summed E-state index contributed by atoms with van der Waals surface area (Å²) in [7, 11) is 0. The lowest BCUT2D eigenvalue weighted by molar-refractivity contribution is -0.123. The Bertz CT molecular complexity index is 1160. The molecule has 1 N–H and O–H groups in total. The van der Waals surface area contributed by atoms with E-state index in [1.165, 1.54) is 11.1 Å². The fourth-order valence-corrected chi connectivity index (χ4v) is 5.40. The third-order valence-corrected chi connectivity index (χ3v) is 7.31. The van der Waals surface area contributed by atoms with Crippen molar-refractivity contribution < 1.29 is 4.79 Å². The van der Waals surface area contributed by atoms with Gasteiger partial charge in [-0.3, -0.25) is 9.69 Å². The van der Waals surface area contributed by atoms with Crippen molar-refractivity contribution in [3.63, 3.8) is 0 Å². The van der Waals surface area contributed by atoms with E-state index in [2.05, 4.69) is 100 Å². The molecule has 0 spiro atoms. The number of anilines is 2. The molecule has 0 bridgehead atoms. The molecule has 4 aromatic rings. The molecule has 0 radical (unpaired) electrons. The van der Waals surface area contributed by atoms with E-state index in [-0.39, 0.29) is 24.0 Å². The molecule has 37 heavy (non-hydrogen) atoms. The summed E-state index contributed by atoms with van der Waals surface area (Å²) in [6, 6.07) is 41.8. The molecule has 1 unspecified atom stereocenters. The zero-order chi connectivity index (χ0) is 25.5. The van der Waals surface area contributed by atoms with Crippen LogP contribution in [0.3, 0.4) is 0 Å². The largest absolute Gasteiger partial charge is 0.351 e. The average molecular weight is 490 g/mol. The van der Waals surface area contributed by atoms with E-state index in [1.54, 1.807) is 0 Å². The van der Waals surface area contributed by atoms with E-state index in [0.29, 0.717) is 0 Å². The Hall–Kier alpha value is -3.89. The number of para-hydroxylation sites is 2. The minimum absolute atomic E-state index is 0.0637. The first-order valence-corrected chi connectivity index (χ1v) is 13.2. The van der Waals surface area contributed by atoms with Crippen molar-refractivity contribution in [2.24, 2.45) is 0 Å². The van der Waals surface area contributed by atoms with E-state index >= 15 is 0 Å². The summed E-state index contributed by atoms with van der Waals surface area (Å²) >= 11 is 0. The molecule has 0 saturated carbocycles. The molecule has 1 heterocycles. The lowest BCUT2D eigenvalue weighted by atomic mass is 9.94. The molecule has 1 atom stereocenters. The van der Waals surface area contributed by atoms with Crippen LogP contribution in [0.5, 0.6) is 0 Å². The summed E-state index contributed by atoms with van der Waals surface area (Å²) in [5.74, 6) is 0.0637. The predicted molar refractivity (Wildman–Crippen MR) is 152 cm³/mol. The van der Waals surface area contributed by atoms with Gasteiger partial charge in [0.05, 0.1) is 6.04 Å². The monoisotopic (exact) mass is 489 g/mol. The number of amides is 1. The first kappa shape index (κ1) is 24.8. The van der Waals surface area contributed by atoms with Crippen molar-refractivity contribution in [2.45, 2.75) is 37.9 Å². The summed E-state index contributed by atoms with van der Waals surface area (Å²) in [5.41, 5.74) is 4.65. The number of nitrogens with zero attached hydrogens (tertiary/aromatic N) is 2. The van der Waals surface area contributed by atoms with Crippen LogP contribution in [-0.4, -0.2) is 36.0 Å². The van der Waals surface area contributed by atoms with Crippen molar-refractivity contribution in [3.05, 3.63) is 132 Å². The Morgan fingerprint density at radius 3 is 1.54 bits per heavy atom. The van der Waals surface area contributed by atoms with Crippen LogP contribution in [0.2, 0.25) is 0 Å². The van der Waals surface area contributed by atoms with Crippen LogP contribution in [0, 0.1) is 0 Å². The molecular weight excluding hydrogens is 454 g/mol. The van der Waals surface area contributed by atoms with Crippen LogP contribution in [0.25, 0.3) is 0 Å². The molecule has 1 amide bonds. The van der Waals surface area contributed by atoms with Gasteiger partial charge in [-0.25, -0.2) is 0 Å². The number of carbonyl (C=O) groups is 1. The number of nitrogens with one attached hydrogen (secondary N) is 1. The van der Waals surface area contributed by atoms with Gasteiger partial charge in [0.1, 0.15) is 6.04 Å². The molecule has 5 rings (SSSR count). The predicted octanol–water partition coefficient (Wildman–Crippen LogP) is 6.58. The quantitative estimate of drug-likeness (QED) is 0.304. The first-order valence-electron chi connectivity index (χ1n) is 13.2. The second kappa shape index (κ2) is 11.9. The number of piperidine rings is 1. The van der Waals surface area contributed by atoms with Gasteiger partial charge in [0.2, 0.25) is 5.91 Å². The lowest BCUT2D eigenvalue weighted by Gasteiger charge is -2.39. The number of hydrogen-bond donors (Lipinski definition) is 1. The zero-order valence-corrected chi connectivity index (χ0v) is 21.4. The molecule has 188 valence electrons. The standard InChI is InChI=1S/C33H35N3O/c1-26(36(30-18-10-4-11-19-30)31-20-12-5-13-21-31)33(37)34-29-22-24-35(25-23-29)32(27-14-6-2-7-15-27)28-16-8-3-9-17-28/h2-21,26,29,32H,22-25H2,1H3,(H,34,37). The van der Waals surface area contributed by atoms with Crippen LogP contribution in [-0.2, 0) is 4.79 Å². The van der Waals surface area contributed by atoms with E-state index in [9.17, 15) is 4.79 Å². The van der Waals surface area contributed by atoms with Gasteiger partial charge in [-0.15, -0.1) is 0 Å². The highest BCUT2D eigenvalue weighted by molar-refractivity contribution is 5.88. The number of rotatable bonds is 8. The average Bonchev–Trinajstić information content (AvgIpc) is 2.96. The summed E-state index contributed by atoms with van der Waals surface area (Å²) in [4.78, 5) is 18.2. The number of benzene rings is 4. The van der Waals surface area contributed by atoms with Gasteiger partial charge in [-0.2, -0.15) is 0 Å². The molecule has 1 fully saturated rings. The maximum absolute atomic E-state index is 13.5. The Kier molecular flexibility index (Phi) is 7.97. The minimum Gasteiger partial charge on any atom is -0.351 e. The Morgan fingerprint density at radius 2 is 1.11 bits per heavy atom. The van der Waals surface area contributed by atoms with Crippen molar-refractivity contribution in [1.29, 1.82) is 0 Å². The smallest absolute Gasteiger partial charge is 0.243 e. The van der Waals surface area contributed by atoms with Crippen molar-refractivity contribution in [2.75, 3.05) is 18.0 Å².